The van der Waals surface area contributed by atoms with E-state index in [1.165, 1.54) is 0 Å². The largest absolute Gasteiger partial charge is 0.395 e. The molecule has 0 saturated heterocycles. The lowest BCUT2D eigenvalue weighted by Gasteiger charge is -2.02. The summed E-state index contributed by atoms with van der Waals surface area (Å²) in [5.41, 5.74) is 9.71. The summed E-state index contributed by atoms with van der Waals surface area (Å²) in [5, 5.41) is 7.25. The lowest BCUT2D eigenvalue weighted by atomic mass is 10.1. The van der Waals surface area contributed by atoms with Crippen molar-refractivity contribution in [1.82, 2.24) is 10.2 Å². The van der Waals surface area contributed by atoms with Gasteiger partial charge in [0.15, 0.2) is 0 Å². The molecule has 16 heavy (non-hydrogen) atoms. The number of aromatic nitrogens is 2. The number of anilines is 1. The molecule has 0 unspecified atom stereocenters. The Labute approximate surface area is 101 Å². The van der Waals surface area contributed by atoms with Crippen LogP contribution in [0, 0.1) is 0 Å². The van der Waals surface area contributed by atoms with Crippen molar-refractivity contribution in [2.75, 3.05) is 5.73 Å². The van der Waals surface area contributed by atoms with Crippen LogP contribution in [-0.2, 0) is 0 Å². The molecule has 0 bridgehead atoms. The highest BCUT2D eigenvalue weighted by Gasteiger charge is 2.13. The molecule has 0 spiro atoms. The topological polar surface area (TPSA) is 54.7 Å². The van der Waals surface area contributed by atoms with Gasteiger partial charge in [0.25, 0.3) is 0 Å². The van der Waals surface area contributed by atoms with Crippen LogP contribution >= 0.6 is 12.4 Å². The van der Waals surface area contributed by atoms with E-state index in [1.807, 2.05) is 30.3 Å². The minimum atomic E-state index is 0. The van der Waals surface area contributed by atoms with Crippen molar-refractivity contribution in [2.45, 2.75) is 19.8 Å². The third kappa shape index (κ3) is 2.19. The SMILES string of the molecule is CC(C)c1[nH]nc(-c2ccccc2)c1N.Cl. The van der Waals surface area contributed by atoms with Gasteiger partial charge in [-0.25, -0.2) is 0 Å². The van der Waals surface area contributed by atoms with E-state index in [9.17, 15) is 0 Å². The Bertz CT molecular complexity index is 449. The summed E-state index contributed by atoms with van der Waals surface area (Å²) in [5.74, 6) is 0.370. The molecule has 4 heteroatoms. The number of hydrogen-bond donors (Lipinski definition) is 2. The molecule has 1 aromatic heterocycles. The van der Waals surface area contributed by atoms with Gasteiger partial charge in [-0.15, -0.1) is 12.4 Å². The fourth-order valence-electron chi connectivity index (χ4n) is 1.62. The maximum absolute atomic E-state index is 6.04. The second-order valence-corrected chi connectivity index (χ2v) is 3.92. The van der Waals surface area contributed by atoms with Crippen LogP contribution in [0.1, 0.15) is 25.5 Å². The molecule has 2 aromatic rings. The second-order valence-electron chi connectivity index (χ2n) is 3.92. The fraction of sp³-hybridized carbons (Fsp3) is 0.250. The predicted molar refractivity (Wildman–Crippen MR) is 69.8 cm³/mol. The molecule has 1 aromatic carbocycles. The number of H-pyrrole nitrogens is 1. The van der Waals surface area contributed by atoms with Gasteiger partial charge in [0, 0.05) is 5.56 Å². The third-order valence-corrected chi connectivity index (χ3v) is 2.46. The lowest BCUT2D eigenvalue weighted by molar-refractivity contribution is 0.813. The van der Waals surface area contributed by atoms with Gasteiger partial charge in [0.2, 0.25) is 0 Å². The highest BCUT2D eigenvalue weighted by molar-refractivity contribution is 5.85. The Morgan fingerprint density at radius 2 is 1.81 bits per heavy atom. The van der Waals surface area contributed by atoms with Crippen molar-refractivity contribution >= 4 is 18.1 Å². The zero-order valence-corrected chi connectivity index (χ0v) is 10.2. The van der Waals surface area contributed by atoms with Crippen LogP contribution in [0.2, 0.25) is 0 Å². The van der Waals surface area contributed by atoms with Crippen LogP contribution in [-0.4, -0.2) is 10.2 Å². The van der Waals surface area contributed by atoms with Crippen molar-refractivity contribution in [3.8, 4) is 11.3 Å². The first-order chi connectivity index (χ1) is 7.20. The predicted octanol–water partition coefficient (Wildman–Crippen LogP) is 3.20. The summed E-state index contributed by atoms with van der Waals surface area (Å²) in [6, 6.07) is 9.97. The van der Waals surface area contributed by atoms with E-state index in [4.69, 9.17) is 5.73 Å². The molecule has 1 heterocycles. The van der Waals surface area contributed by atoms with Crippen molar-refractivity contribution in [3.05, 3.63) is 36.0 Å². The number of nitrogens with zero attached hydrogens (tertiary/aromatic N) is 1. The number of aromatic amines is 1. The van der Waals surface area contributed by atoms with Crippen LogP contribution in [0.25, 0.3) is 11.3 Å². The fourth-order valence-corrected chi connectivity index (χ4v) is 1.62. The number of rotatable bonds is 2. The van der Waals surface area contributed by atoms with Crippen molar-refractivity contribution in [1.29, 1.82) is 0 Å². The summed E-state index contributed by atoms with van der Waals surface area (Å²) < 4.78 is 0. The Morgan fingerprint density at radius 3 is 2.31 bits per heavy atom. The molecule has 0 radical (unpaired) electrons. The monoisotopic (exact) mass is 237 g/mol. The second kappa shape index (κ2) is 5.03. The Balaban J connectivity index is 0.00000128. The van der Waals surface area contributed by atoms with Gasteiger partial charge in [-0.1, -0.05) is 44.2 Å². The number of nitrogens with one attached hydrogen (secondary N) is 1. The summed E-state index contributed by atoms with van der Waals surface area (Å²) in [4.78, 5) is 0. The van der Waals surface area contributed by atoms with Crippen molar-refractivity contribution in [2.24, 2.45) is 0 Å². The average Bonchev–Trinajstić information content (AvgIpc) is 2.61. The highest BCUT2D eigenvalue weighted by Crippen LogP contribution is 2.29. The molecule has 0 aliphatic rings. The quantitative estimate of drug-likeness (QED) is 0.843. The standard InChI is InChI=1S/C12H15N3.ClH/c1-8(2)11-10(13)12(15-14-11)9-6-4-3-5-7-9;/h3-8H,13H2,1-2H3,(H,14,15);1H. The minimum Gasteiger partial charge on any atom is -0.395 e. The summed E-state index contributed by atoms with van der Waals surface area (Å²) in [6.07, 6.45) is 0. The van der Waals surface area contributed by atoms with E-state index >= 15 is 0 Å². The van der Waals surface area contributed by atoms with Crippen LogP contribution in [0.4, 0.5) is 5.69 Å². The van der Waals surface area contributed by atoms with Gasteiger partial charge in [0.05, 0.1) is 11.4 Å². The number of nitrogens with two attached hydrogens (primary N) is 1. The van der Waals surface area contributed by atoms with Gasteiger partial charge < -0.3 is 5.73 Å². The average molecular weight is 238 g/mol. The van der Waals surface area contributed by atoms with Crippen molar-refractivity contribution in [3.63, 3.8) is 0 Å². The third-order valence-electron chi connectivity index (χ3n) is 2.46. The first-order valence-corrected chi connectivity index (χ1v) is 5.09. The zero-order valence-electron chi connectivity index (χ0n) is 9.40. The molecule has 0 aliphatic heterocycles. The summed E-state index contributed by atoms with van der Waals surface area (Å²) >= 11 is 0. The molecule has 3 nitrogen and oxygen atoms in total. The van der Waals surface area contributed by atoms with Gasteiger partial charge in [0.1, 0.15) is 5.69 Å². The maximum atomic E-state index is 6.04. The first kappa shape index (κ1) is 12.6. The van der Waals surface area contributed by atoms with E-state index in [-0.39, 0.29) is 12.4 Å². The smallest absolute Gasteiger partial charge is 0.115 e. The van der Waals surface area contributed by atoms with E-state index < -0.39 is 0 Å². The van der Waals surface area contributed by atoms with E-state index in [0.717, 1.165) is 22.6 Å². The Morgan fingerprint density at radius 1 is 1.19 bits per heavy atom. The normalized spacial score (nSPS) is 10.2. The van der Waals surface area contributed by atoms with Crippen LogP contribution in [0.3, 0.4) is 0 Å². The first-order valence-electron chi connectivity index (χ1n) is 5.09. The molecule has 0 amide bonds. The van der Waals surface area contributed by atoms with Gasteiger partial charge in [-0.2, -0.15) is 5.10 Å². The number of hydrogen-bond acceptors (Lipinski definition) is 2. The minimum absolute atomic E-state index is 0. The summed E-state index contributed by atoms with van der Waals surface area (Å²) in [7, 11) is 0. The van der Waals surface area contributed by atoms with E-state index in [1.54, 1.807) is 0 Å². The maximum Gasteiger partial charge on any atom is 0.115 e. The van der Waals surface area contributed by atoms with E-state index in [0.29, 0.717) is 5.92 Å². The van der Waals surface area contributed by atoms with Gasteiger partial charge in [-0.3, -0.25) is 5.10 Å². The number of nitrogen functional groups attached to an aromatic ring is 1. The zero-order chi connectivity index (χ0) is 10.8. The molecular formula is C12H16ClN3. The lowest BCUT2D eigenvalue weighted by Crippen LogP contribution is -1.94. The summed E-state index contributed by atoms with van der Waals surface area (Å²) in [6.45, 7) is 4.19. The molecule has 86 valence electrons. The molecule has 0 atom stereocenters. The van der Waals surface area contributed by atoms with Crippen LogP contribution in [0.5, 0.6) is 0 Å². The number of halogens is 1. The molecule has 0 fully saturated rings. The number of benzene rings is 1. The van der Waals surface area contributed by atoms with E-state index in [2.05, 4.69) is 24.0 Å². The Kier molecular flexibility index (Phi) is 3.96. The van der Waals surface area contributed by atoms with Crippen molar-refractivity contribution < 1.29 is 0 Å². The van der Waals surface area contributed by atoms with Gasteiger partial charge >= 0.3 is 0 Å². The molecule has 0 saturated carbocycles. The molecule has 3 N–H and O–H groups in total. The molecule has 0 aliphatic carbocycles. The van der Waals surface area contributed by atoms with Gasteiger partial charge in [-0.05, 0) is 5.92 Å². The molecular weight excluding hydrogens is 222 g/mol. The van der Waals surface area contributed by atoms with Crippen LogP contribution < -0.4 is 5.73 Å². The van der Waals surface area contributed by atoms with Crippen LogP contribution in [0.15, 0.2) is 30.3 Å². The Hall–Kier alpha value is -1.48. The molecule has 2 rings (SSSR count). The highest BCUT2D eigenvalue weighted by atomic mass is 35.5.